The number of ether oxygens (including phenoxy) is 2. The SMILES string of the molecule is CCOc1ccc2[nH]c(C(C)c3ccc(OCc4cc(F)ccc4F)cc3C)nc2c1. The van der Waals surface area contributed by atoms with Gasteiger partial charge in [-0.05, 0) is 67.4 Å². The second kappa shape index (κ2) is 8.76. The van der Waals surface area contributed by atoms with Crippen LogP contribution in [0.1, 0.15) is 42.3 Å². The summed E-state index contributed by atoms with van der Waals surface area (Å²) in [5.74, 6) is 1.33. The van der Waals surface area contributed by atoms with E-state index >= 15 is 0 Å². The molecular formula is C25H24F2N2O2. The highest BCUT2D eigenvalue weighted by Gasteiger charge is 2.16. The Morgan fingerprint density at radius 3 is 2.52 bits per heavy atom. The molecule has 1 heterocycles. The second-order valence-corrected chi connectivity index (χ2v) is 7.50. The van der Waals surface area contributed by atoms with Crippen LogP contribution in [0.25, 0.3) is 11.0 Å². The van der Waals surface area contributed by atoms with E-state index in [1.807, 2.05) is 50.2 Å². The van der Waals surface area contributed by atoms with Crippen molar-refractivity contribution in [3.05, 3.63) is 88.7 Å². The number of aromatic amines is 1. The van der Waals surface area contributed by atoms with Crippen molar-refractivity contribution in [3.8, 4) is 11.5 Å². The monoisotopic (exact) mass is 422 g/mol. The van der Waals surface area contributed by atoms with Gasteiger partial charge in [0.1, 0.15) is 35.6 Å². The lowest BCUT2D eigenvalue weighted by Gasteiger charge is -2.14. The van der Waals surface area contributed by atoms with Crippen molar-refractivity contribution >= 4 is 11.0 Å². The van der Waals surface area contributed by atoms with Crippen LogP contribution in [0.15, 0.2) is 54.6 Å². The van der Waals surface area contributed by atoms with Gasteiger partial charge in [-0.1, -0.05) is 13.0 Å². The van der Waals surface area contributed by atoms with Crippen molar-refractivity contribution in [1.29, 1.82) is 0 Å². The quantitative estimate of drug-likeness (QED) is 0.381. The average molecular weight is 422 g/mol. The predicted molar refractivity (Wildman–Crippen MR) is 117 cm³/mol. The lowest BCUT2D eigenvalue weighted by molar-refractivity contribution is 0.298. The van der Waals surface area contributed by atoms with Crippen molar-refractivity contribution in [2.24, 2.45) is 0 Å². The molecule has 0 spiro atoms. The fraction of sp³-hybridized carbons (Fsp3) is 0.240. The first-order chi connectivity index (χ1) is 14.9. The third-order valence-corrected chi connectivity index (χ3v) is 5.30. The normalized spacial score (nSPS) is 12.2. The maximum absolute atomic E-state index is 13.8. The highest BCUT2D eigenvalue weighted by molar-refractivity contribution is 5.77. The van der Waals surface area contributed by atoms with Gasteiger partial charge < -0.3 is 14.5 Å². The van der Waals surface area contributed by atoms with Gasteiger partial charge >= 0.3 is 0 Å². The zero-order chi connectivity index (χ0) is 22.0. The van der Waals surface area contributed by atoms with Gasteiger partial charge in [-0.2, -0.15) is 0 Å². The molecule has 0 amide bonds. The minimum absolute atomic E-state index is 0.0380. The number of benzene rings is 3. The summed E-state index contributed by atoms with van der Waals surface area (Å²) in [7, 11) is 0. The van der Waals surface area contributed by atoms with Gasteiger partial charge in [0.15, 0.2) is 0 Å². The Balaban J connectivity index is 1.52. The minimum Gasteiger partial charge on any atom is -0.494 e. The summed E-state index contributed by atoms with van der Waals surface area (Å²) in [5, 5.41) is 0. The van der Waals surface area contributed by atoms with E-state index in [0.29, 0.717) is 12.4 Å². The number of rotatable bonds is 7. The first kappa shape index (κ1) is 20.8. The van der Waals surface area contributed by atoms with Crippen LogP contribution >= 0.6 is 0 Å². The fourth-order valence-electron chi connectivity index (χ4n) is 3.65. The van der Waals surface area contributed by atoms with Crippen LogP contribution in [-0.4, -0.2) is 16.6 Å². The molecule has 1 N–H and O–H groups in total. The van der Waals surface area contributed by atoms with E-state index in [1.165, 1.54) is 0 Å². The number of aromatic nitrogens is 2. The summed E-state index contributed by atoms with van der Waals surface area (Å²) >= 11 is 0. The number of hydrogen-bond donors (Lipinski definition) is 1. The largest absolute Gasteiger partial charge is 0.494 e. The summed E-state index contributed by atoms with van der Waals surface area (Å²) in [4.78, 5) is 8.13. The molecule has 0 saturated heterocycles. The molecule has 4 aromatic rings. The number of nitrogens with one attached hydrogen (secondary N) is 1. The van der Waals surface area contributed by atoms with E-state index in [4.69, 9.17) is 14.5 Å². The van der Waals surface area contributed by atoms with Gasteiger partial charge in [0, 0.05) is 17.5 Å². The van der Waals surface area contributed by atoms with Gasteiger partial charge in [0.25, 0.3) is 0 Å². The van der Waals surface area contributed by atoms with E-state index in [0.717, 1.165) is 51.9 Å². The number of aryl methyl sites for hydroxylation is 1. The van der Waals surface area contributed by atoms with Crippen molar-refractivity contribution in [3.63, 3.8) is 0 Å². The van der Waals surface area contributed by atoms with Crippen LogP contribution < -0.4 is 9.47 Å². The summed E-state index contributed by atoms with van der Waals surface area (Å²) in [6, 6.07) is 14.9. The molecule has 31 heavy (non-hydrogen) atoms. The molecule has 0 fully saturated rings. The Morgan fingerprint density at radius 2 is 1.74 bits per heavy atom. The summed E-state index contributed by atoms with van der Waals surface area (Å²) in [6.07, 6.45) is 0. The van der Waals surface area contributed by atoms with Gasteiger partial charge in [-0.3, -0.25) is 0 Å². The molecule has 0 aliphatic carbocycles. The molecule has 6 heteroatoms. The van der Waals surface area contributed by atoms with Crippen molar-refractivity contribution < 1.29 is 18.3 Å². The first-order valence-electron chi connectivity index (χ1n) is 10.2. The number of imidazole rings is 1. The zero-order valence-electron chi connectivity index (χ0n) is 17.7. The van der Waals surface area contributed by atoms with Gasteiger partial charge in [0.05, 0.1) is 17.6 Å². The predicted octanol–water partition coefficient (Wildman–Crippen LogP) is 6.28. The van der Waals surface area contributed by atoms with Gasteiger partial charge in [-0.25, -0.2) is 13.8 Å². The van der Waals surface area contributed by atoms with Crippen molar-refractivity contribution in [1.82, 2.24) is 9.97 Å². The third kappa shape index (κ3) is 4.53. The third-order valence-electron chi connectivity index (χ3n) is 5.30. The van der Waals surface area contributed by atoms with E-state index in [-0.39, 0.29) is 18.1 Å². The lowest BCUT2D eigenvalue weighted by atomic mass is 9.95. The van der Waals surface area contributed by atoms with E-state index in [1.54, 1.807) is 0 Å². The lowest BCUT2D eigenvalue weighted by Crippen LogP contribution is -2.03. The maximum atomic E-state index is 13.8. The van der Waals surface area contributed by atoms with Crippen LogP contribution in [0.3, 0.4) is 0 Å². The minimum atomic E-state index is -0.487. The Kier molecular flexibility index (Phi) is 5.89. The second-order valence-electron chi connectivity index (χ2n) is 7.50. The molecular weight excluding hydrogens is 398 g/mol. The molecule has 0 aliphatic rings. The molecule has 4 rings (SSSR count). The highest BCUT2D eigenvalue weighted by atomic mass is 19.1. The molecule has 4 nitrogen and oxygen atoms in total. The van der Waals surface area contributed by atoms with Crippen molar-refractivity contribution in [2.75, 3.05) is 6.61 Å². The number of fused-ring (bicyclic) bond motifs is 1. The van der Waals surface area contributed by atoms with Crippen LogP contribution in [0, 0.1) is 18.6 Å². The topological polar surface area (TPSA) is 47.1 Å². The molecule has 1 unspecified atom stereocenters. The van der Waals surface area contributed by atoms with Crippen LogP contribution in [0.5, 0.6) is 11.5 Å². The average Bonchev–Trinajstić information content (AvgIpc) is 3.18. The summed E-state index contributed by atoms with van der Waals surface area (Å²) < 4.78 is 38.4. The van der Waals surface area contributed by atoms with Crippen LogP contribution in [0.2, 0.25) is 0 Å². The Morgan fingerprint density at radius 1 is 0.968 bits per heavy atom. The van der Waals surface area contributed by atoms with Crippen LogP contribution in [0.4, 0.5) is 8.78 Å². The molecule has 1 aromatic heterocycles. The van der Waals surface area contributed by atoms with Crippen molar-refractivity contribution in [2.45, 2.75) is 33.3 Å². The van der Waals surface area contributed by atoms with Gasteiger partial charge in [0.2, 0.25) is 0 Å². The van der Waals surface area contributed by atoms with E-state index in [2.05, 4.69) is 11.9 Å². The van der Waals surface area contributed by atoms with Crippen LogP contribution in [-0.2, 0) is 6.61 Å². The number of nitrogens with zero attached hydrogens (tertiary/aromatic N) is 1. The molecule has 0 saturated carbocycles. The molecule has 160 valence electrons. The van der Waals surface area contributed by atoms with E-state index < -0.39 is 11.6 Å². The Labute approximate surface area is 179 Å². The summed E-state index contributed by atoms with van der Waals surface area (Å²) in [5.41, 5.74) is 4.14. The first-order valence-corrected chi connectivity index (χ1v) is 10.2. The molecule has 0 radical (unpaired) electrons. The summed E-state index contributed by atoms with van der Waals surface area (Å²) in [6.45, 7) is 6.61. The smallest absolute Gasteiger partial charge is 0.130 e. The maximum Gasteiger partial charge on any atom is 0.130 e. The number of H-pyrrole nitrogens is 1. The molecule has 3 aromatic carbocycles. The van der Waals surface area contributed by atoms with Gasteiger partial charge in [-0.15, -0.1) is 0 Å². The number of halogens is 2. The Bertz CT molecular complexity index is 1220. The zero-order valence-corrected chi connectivity index (χ0v) is 17.7. The molecule has 1 atom stereocenters. The standard InChI is InChI=1S/C25H24F2N2O2/c1-4-30-20-7-10-23-24(13-20)29-25(28-23)16(3)21-8-6-19(11-15(21)2)31-14-17-12-18(26)5-9-22(17)27/h5-13,16H,4,14H2,1-3H3,(H,28,29). The number of hydrogen-bond acceptors (Lipinski definition) is 3. The Hall–Kier alpha value is -3.41. The molecule has 0 bridgehead atoms. The molecule has 0 aliphatic heterocycles. The van der Waals surface area contributed by atoms with E-state index in [9.17, 15) is 8.78 Å². The highest BCUT2D eigenvalue weighted by Crippen LogP contribution is 2.30. The fourth-order valence-corrected chi connectivity index (χ4v) is 3.65.